The second kappa shape index (κ2) is 27.1. The number of ketones is 6. The number of hydrogen-bond acceptors (Lipinski definition) is 8. The second-order valence-corrected chi connectivity index (χ2v) is 15.9. The van der Waals surface area contributed by atoms with E-state index in [2.05, 4.69) is 0 Å². The van der Waals surface area contributed by atoms with Crippen LogP contribution in [0.3, 0.4) is 0 Å². The molecule has 0 fully saturated rings. The molecule has 6 aromatic rings. The highest BCUT2D eigenvalue weighted by Gasteiger charge is 2.36. The van der Waals surface area contributed by atoms with E-state index in [0.717, 1.165) is 64.9 Å². The van der Waals surface area contributed by atoms with Crippen LogP contribution in [0.5, 0.6) is 5.75 Å². The number of methoxy groups -OCH3 is 1. The maximum atomic E-state index is 12.9. The standard InChI is InChI=1S/C11H14O.C9H6F4O.C9H7F3O.C9H10O2.C7H9NO.C7H8OS/c1-7-5-8(2)11(10(4)12)9(3)6-7;1-5(14)8-6(9(11,12)13)3-2-4-7(8)10;1-6(13)7-4-2-3-5-8(7)9(10,11)12;1-7(10)8-5-3-4-6-9(8)11-2;1-6(9)7-4-3-5-8(7)2;1-5-3-4-9-7(5)6(2)8/h5-6H,1-4H3;2-4H,1H3;2-5H,1H3;3-6H,1-2H3;3-5H,1-2H3;3-4H,1-2H3. The van der Waals surface area contributed by atoms with E-state index in [9.17, 15) is 59.5 Å². The summed E-state index contributed by atoms with van der Waals surface area (Å²) in [6, 6.07) is 24.1. The Morgan fingerprint density at radius 2 is 1.01 bits per heavy atom. The van der Waals surface area contributed by atoms with E-state index in [-0.39, 0.29) is 28.7 Å². The monoisotopic (exact) mass is 969 g/mol. The average Bonchev–Trinajstić information content (AvgIpc) is 3.88. The third kappa shape index (κ3) is 18.8. The minimum absolute atomic E-state index is 0.0300. The van der Waals surface area contributed by atoms with Crippen molar-refractivity contribution in [3.63, 3.8) is 0 Å². The van der Waals surface area contributed by atoms with Crippen molar-refractivity contribution in [2.75, 3.05) is 7.11 Å². The number of hydrogen-bond donors (Lipinski definition) is 0. The van der Waals surface area contributed by atoms with E-state index >= 15 is 0 Å². The van der Waals surface area contributed by atoms with Gasteiger partial charge in [-0.3, -0.25) is 28.8 Å². The highest BCUT2D eigenvalue weighted by Crippen LogP contribution is 2.33. The lowest BCUT2D eigenvalue weighted by atomic mass is 9.97. The van der Waals surface area contributed by atoms with Gasteiger partial charge in [-0.05, 0) is 133 Å². The van der Waals surface area contributed by atoms with Gasteiger partial charge in [0, 0.05) is 31.3 Å². The number of carbonyl (C=O) groups excluding carboxylic acids is 6. The van der Waals surface area contributed by atoms with Gasteiger partial charge in [0.25, 0.3) is 0 Å². The van der Waals surface area contributed by atoms with Crippen molar-refractivity contribution in [2.24, 2.45) is 7.05 Å². The van der Waals surface area contributed by atoms with Crippen LogP contribution in [0.25, 0.3) is 0 Å². The molecule has 0 saturated carbocycles. The van der Waals surface area contributed by atoms with Gasteiger partial charge in [0.15, 0.2) is 34.7 Å². The van der Waals surface area contributed by atoms with Crippen LogP contribution in [0.4, 0.5) is 30.7 Å². The van der Waals surface area contributed by atoms with E-state index in [1.54, 1.807) is 40.0 Å². The van der Waals surface area contributed by atoms with Crippen molar-refractivity contribution in [1.29, 1.82) is 0 Å². The van der Waals surface area contributed by atoms with E-state index < -0.39 is 46.4 Å². The minimum Gasteiger partial charge on any atom is -0.496 e. The molecular formula is C52H54F7NO7S. The summed E-state index contributed by atoms with van der Waals surface area (Å²) in [5.41, 5.74) is 3.45. The molecule has 0 saturated heterocycles. The van der Waals surface area contributed by atoms with Crippen LogP contribution >= 0.6 is 11.3 Å². The van der Waals surface area contributed by atoms with Gasteiger partial charge < -0.3 is 9.30 Å². The summed E-state index contributed by atoms with van der Waals surface area (Å²) in [5, 5.41) is 1.94. The van der Waals surface area contributed by atoms with Gasteiger partial charge in [0.2, 0.25) is 0 Å². The molecule has 364 valence electrons. The Morgan fingerprint density at radius 3 is 1.34 bits per heavy atom. The topological polar surface area (TPSA) is 117 Å². The lowest BCUT2D eigenvalue weighted by molar-refractivity contribution is -0.138. The molecule has 6 rings (SSSR count). The van der Waals surface area contributed by atoms with Gasteiger partial charge in [0.1, 0.15) is 11.6 Å². The Kier molecular flexibility index (Phi) is 23.6. The van der Waals surface area contributed by atoms with Gasteiger partial charge in [-0.15, -0.1) is 11.3 Å². The summed E-state index contributed by atoms with van der Waals surface area (Å²) in [7, 11) is 3.42. The van der Waals surface area contributed by atoms with E-state index in [1.807, 2.05) is 93.4 Å². The number of aryl methyl sites for hydroxylation is 5. The third-order valence-corrected chi connectivity index (χ3v) is 10.4. The molecule has 0 aliphatic heterocycles. The van der Waals surface area contributed by atoms with Gasteiger partial charge in [0.05, 0.1) is 39.9 Å². The predicted molar refractivity (Wildman–Crippen MR) is 251 cm³/mol. The molecule has 0 spiro atoms. The van der Waals surface area contributed by atoms with Crippen LogP contribution in [0.2, 0.25) is 0 Å². The number of ether oxygens (including phenoxy) is 1. The number of carbonyl (C=O) groups is 6. The predicted octanol–water partition coefficient (Wildman–Crippen LogP) is 14.2. The third-order valence-electron chi connectivity index (χ3n) is 9.28. The molecule has 0 atom stereocenters. The number of para-hydroxylation sites is 1. The number of nitrogens with zero attached hydrogens (tertiary/aromatic N) is 1. The highest BCUT2D eigenvalue weighted by molar-refractivity contribution is 7.12. The first-order valence-corrected chi connectivity index (χ1v) is 21.3. The molecule has 0 amide bonds. The number of benzene rings is 4. The largest absolute Gasteiger partial charge is 0.496 e. The SMILES string of the molecule is CC(=O)c1c(C)cc(C)cc1C.CC(=O)c1c(F)cccc1C(F)(F)F.CC(=O)c1ccccc1C(F)(F)F.CC(=O)c1cccn1C.CC(=O)c1sccc1C.COc1ccccc1C(C)=O. The molecule has 0 unspecified atom stereocenters. The molecule has 2 aromatic heterocycles. The summed E-state index contributed by atoms with van der Waals surface area (Å²) in [4.78, 5) is 66.1. The fourth-order valence-corrected chi connectivity index (χ4v) is 7.21. The zero-order chi connectivity index (χ0) is 52.3. The molecule has 0 radical (unpaired) electrons. The first-order valence-electron chi connectivity index (χ1n) is 20.4. The first kappa shape index (κ1) is 59.2. The average molecular weight is 970 g/mol. The van der Waals surface area contributed by atoms with Crippen molar-refractivity contribution in [3.8, 4) is 5.75 Å². The molecular weight excluding hydrogens is 916 g/mol. The maximum Gasteiger partial charge on any atom is 0.417 e. The van der Waals surface area contributed by atoms with Crippen molar-refractivity contribution in [3.05, 3.63) is 181 Å². The Morgan fingerprint density at radius 1 is 0.529 bits per heavy atom. The quantitative estimate of drug-likeness (QED) is 0.116. The second-order valence-electron chi connectivity index (χ2n) is 15.0. The minimum atomic E-state index is -4.71. The van der Waals surface area contributed by atoms with E-state index in [0.29, 0.717) is 17.4 Å². The Hall–Kier alpha value is -6.81. The first-order chi connectivity index (χ1) is 31.5. The van der Waals surface area contributed by atoms with E-state index in [4.69, 9.17) is 4.74 Å². The van der Waals surface area contributed by atoms with Crippen LogP contribution < -0.4 is 4.74 Å². The number of thiophene rings is 1. The van der Waals surface area contributed by atoms with Crippen molar-refractivity contribution in [2.45, 2.75) is 81.6 Å². The molecule has 0 N–H and O–H groups in total. The highest BCUT2D eigenvalue weighted by atomic mass is 32.1. The van der Waals surface area contributed by atoms with Crippen LogP contribution in [0.1, 0.15) is 137 Å². The number of Topliss-reactive ketones (excluding diaryl/α,β-unsaturated/α-hetero) is 6. The van der Waals surface area contributed by atoms with Gasteiger partial charge in [-0.25, -0.2) is 4.39 Å². The summed E-state index contributed by atoms with van der Waals surface area (Å²) in [6.45, 7) is 16.3. The molecule has 0 aliphatic rings. The fraction of sp³-hybridized carbons (Fsp3) is 0.269. The zero-order valence-electron chi connectivity index (χ0n) is 39.8. The Bertz CT molecular complexity index is 2620. The van der Waals surface area contributed by atoms with Crippen LogP contribution in [0, 0.1) is 33.5 Å². The van der Waals surface area contributed by atoms with Crippen LogP contribution in [-0.2, 0) is 19.4 Å². The molecule has 0 aliphatic carbocycles. The summed E-state index contributed by atoms with van der Waals surface area (Å²) >= 11 is 1.51. The summed E-state index contributed by atoms with van der Waals surface area (Å²) < 4.78 is 93.3. The smallest absolute Gasteiger partial charge is 0.417 e. The number of alkyl halides is 6. The molecule has 8 nitrogen and oxygen atoms in total. The molecule has 4 aromatic carbocycles. The van der Waals surface area contributed by atoms with Crippen molar-refractivity contribution >= 4 is 46.0 Å². The Labute approximate surface area is 395 Å². The van der Waals surface area contributed by atoms with Gasteiger partial charge in [-0.2, -0.15) is 26.3 Å². The summed E-state index contributed by atoms with van der Waals surface area (Å²) in [5.74, 6) is -1.55. The van der Waals surface area contributed by atoms with Crippen LogP contribution in [-0.4, -0.2) is 46.4 Å². The fourth-order valence-electron chi connectivity index (χ4n) is 6.39. The van der Waals surface area contributed by atoms with E-state index in [1.165, 1.54) is 42.0 Å². The normalized spacial score (nSPS) is 10.3. The van der Waals surface area contributed by atoms with Gasteiger partial charge in [-0.1, -0.05) is 54.1 Å². The maximum absolute atomic E-state index is 12.9. The molecule has 2 heterocycles. The zero-order valence-corrected chi connectivity index (χ0v) is 40.6. The Balaban J connectivity index is 0.000000411. The van der Waals surface area contributed by atoms with Crippen LogP contribution in [0.15, 0.2) is 109 Å². The number of aromatic nitrogens is 1. The molecule has 0 bridgehead atoms. The molecule has 68 heavy (non-hydrogen) atoms. The number of rotatable bonds is 7. The molecule has 16 heteroatoms. The summed E-state index contributed by atoms with van der Waals surface area (Å²) in [6.07, 6.45) is -7.30. The number of halogens is 7. The van der Waals surface area contributed by atoms with Crippen molar-refractivity contribution < 1.29 is 64.2 Å². The lowest BCUT2D eigenvalue weighted by Gasteiger charge is -2.10. The van der Waals surface area contributed by atoms with Gasteiger partial charge >= 0.3 is 12.4 Å². The lowest BCUT2D eigenvalue weighted by Crippen LogP contribution is -2.13. The van der Waals surface area contributed by atoms with Crippen molar-refractivity contribution in [1.82, 2.24) is 4.57 Å².